The Bertz CT molecular complexity index is 1040. The van der Waals surface area contributed by atoms with Gasteiger partial charge in [-0.05, 0) is 36.8 Å². The predicted octanol–water partition coefficient (Wildman–Crippen LogP) is 6.87. The summed E-state index contributed by atoms with van der Waals surface area (Å²) in [5, 5.41) is 2.04. The Hall–Kier alpha value is -2.94. The van der Waals surface area contributed by atoms with Crippen molar-refractivity contribution in [2.45, 2.75) is 45.7 Å². The molecule has 0 aliphatic carbocycles. The average Bonchev–Trinajstić information content (AvgIpc) is 3.27. The first kappa shape index (κ1) is 23.7. The number of carbonyl (C=O) groups excluding carboxylic acids is 1. The van der Waals surface area contributed by atoms with Crippen LogP contribution in [0.3, 0.4) is 0 Å². The number of thiazole rings is 1. The SMILES string of the molecule is CCCCCOc1ccc(N(C(=O)CC)c2nc(-c3cccnc3)cs2)cc1C(F)(F)F. The predicted molar refractivity (Wildman–Crippen MR) is 119 cm³/mol. The smallest absolute Gasteiger partial charge is 0.420 e. The fraction of sp³-hybridized carbons (Fsp3) is 0.348. The van der Waals surface area contributed by atoms with Crippen molar-refractivity contribution in [1.82, 2.24) is 9.97 Å². The van der Waals surface area contributed by atoms with Gasteiger partial charge >= 0.3 is 6.18 Å². The Balaban J connectivity index is 1.97. The van der Waals surface area contributed by atoms with E-state index in [1.54, 1.807) is 30.8 Å². The maximum atomic E-state index is 13.8. The van der Waals surface area contributed by atoms with E-state index in [0.717, 1.165) is 24.5 Å². The molecule has 0 aliphatic rings. The number of amides is 1. The van der Waals surface area contributed by atoms with Crippen LogP contribution in [-0.4, -0.2) is 22.5 Å². The van der Waals surface area contributed by atoms with E-state index in [0.29, 0.717) is 17.2 Å². The Labute approximate surface area is 188 Å². The minimum absolute atomic E-state index is 0.0946. The standard InChI is InChI=1S/C23H24F3N3O2S/c1-3-5-6-12-31-20-10-9-17(13-18(20)23(24,25)26)29(21(30)4-2)22-28-19(15-32-22)16-8-7-11-27-14-16/h7-11,13-15H,3-6,12H2,1-2H3. The fourth-order valence-corrected chi connectivity index (χ4v) is 3.94. The maximum Gasteiger partial charge on any atom is 0.420 e. The van der Waals surface area contributed by atoms with Crippen LogP contribution < -0.4 is 9.64 Å². The highest BCUT2D eigenvalue weighted by Gasteiger charge is 2.36. The molecule has 1 aromatic carbocycles. The number of anilines is 2. The second-order valence-electron chi connectivity index (χ2n) is 7.07. The lowest BCUT2D eigenvalue weighted by molar-refractivity contribution is -0.139. The zero-order valence-electron chi connectivity index (χ0n) is 17.9. The van der Waals surface area contributed by atoms with Gasteiger partial charge in [0.15, 0.2) is 5.13 Å². The van der Waals surface area contributed by atoms with E-state index >= 15 is 0 Å². The molecule has 32 heavy (non-hydrogen) atoms. The van der Waals surface area contributed by atoms with Crippen LogP contribution in [-0.2, 0) is 11.0 Å². The molecule has 2 heterocycles. The topological polar surface area (TPSA) is 55.3 Å². The molecule has 0 fully saturated rings. The Kier molecular flexibility index (Phi) is 7.84. The summed E-state index contributed by atoms with van der Waals surface area (Å²) >= 11 is 1.18. The van der Waals surface area contributed by atoms with Gasteiger partial charge in [0.2, 0.25) is 5.91 Å². The van der Waals surface area contributed by atoms with Gasteiger partial charge in [-0.25, -0.2) is 4.98 Å². The molecule has 170 valence electrons. The number of unbranched alkanes of at least 4 members (excludes halogenated alkanes) is 2. The van der Waals surface area contributed by atoms with E-state index in [4.69, 9.17) is 4.74 Å². The number of alkyl halides is 3. The molecule has 2 aromatic heterocycles. The summed E-state index contributed by atoms with van der Waals surface area (Å²) in [6.45, 7) is 3.86. The molecule has 0 saturated carbocycles. The van der Waals surface area contributed by atoms with Gasteiger partial charge in [0, 0.05) is 29.8 Å². The van der Waals surface area contributed by atoms with Crippen molar-refractivity contribution >= 4 is 28.1 Å². The van der Waals surface area contributed by atoms with Gasteiger partial charge in [-0.3, -0.25) is 14.7 Å². The highest BCUT2D eigenvalue weighted by atomic mass is 32.1. The fourth-order valence-electron chi connectivity index (χ4n) is 3.07. The Morgan fingerprint density at radius 2 is 2.00 bits per heavy atom. The number of rotatable bonds is 9. The molecular formula is C23H24F3N3O2S. The molecule has 0 aliphatic heterocycles. The quantitative estimate of drug-likeness (QED) is 0.325. The van der Waals surface area contributed by atoms with Crippen LogP contribution in [0, 0.1) is 0 Å². The molecule has 1 amide bonds. The van der Waals surface area contributed by atoms with E-state index in [9.17, 15) is 18.0 Å². The van der Waals surface area contributed by atoms with Gasteiger partial charge in [0.1, 0.15) is 5.75 Å². The van der Waals surface area contributed by atoms with Crippen LogP contribution in [0.25, 0.3) is 11.3 Å². The van der Waals surface area contributed by atoms with Crippen LogP contribution in [0.15, 0.2) is 48.1 Å². The van der Waals surface area contributed by atoms with Gasteiger partial charge in [-0.15, -0.1) is 11.3 Å². The number of hydrogen-bond donors (Lipinski definition) is 0. The minimum atomic E-state index is -4.62. The molecule has 0 radical (unpaired) electrons. The van der Waals surface area contributed by atoms with Crippen LogP contribution in [0.4, 0.5) is 24.0 Å². The van der Waals surface area contributed by atoms with Crippen molar-refractivity contribution in [1.29, 1.82) is 0 Å². The summed E-state index contributed by atoms with van der Waals surface area (Å²) in [5.41, 5.74) is 0.534. The highest BCUT2D eigenvalue weighted by molar-refractivity contribution is 7.14. The molecule has 9 heteroatoms. The molecule has 0 atom stereocenters. The van der Waals surface area contributed by atoms with E-state index in [2.05, 4.69) is 9.97 Å². The van der Waals surface area contributed by atoms with Gasteiger partial charge in [-0.1, -0.05) is 26.7 Å². The first-order chi connectivity index (χ1) is 15.3. The van der Waals surface area contributed by atoms with E-state index in [-0.39, 0.29) is 30.4 Å². The average molecular weight is 464 g/mol. The van der Waals surface area contributed by atoms with Crippen LogP contribution in [0.1, 0.15) is 45.1 Å². The molecule has 0 saturated heterocycles. The normalized spacial score (nSPS) is 11.4. The largest absolute Gasteiger partial charge is 0.493 e. The Morgan fingerprint density at radius 1 is 1.19 bits per heavy atom. The monoisotopic (exact) mass is 463 g/mol. The van der Waals surface area contributed by atoms with E-state index < -0.39 is 11.7 Å². The van der Waals surface area contributed by atoms with Gasteiger partial charge in [-0.2, -0.15) is 13.2 Å². The van der Waals surface area contributed by atoms with Crippen LogP contribution in [0.2, 0.25) is 0 Å². The number of benzene rings is 1. The zero-order chi connectivity index (χ0) is 23.1. The minimum Gasteiger partial charge on any atom is -0.493 e. The molecule has 0 N–H and O–H groups in total. The maximum absolute atomic E-state index is 13.8. The molecule has 0 bridgehead atoms. The first-order valence-electron chi connectivity index (χ1n) is 10.4. The van der Waals surface area contributed by atoms with Crippen LogP contribution >= 0.6 is 11.3 Å². The molecule has 0 unspecified atom stereocenters. The third-order valence-corrected chi connectivity index (χ3v) is 5.55. The third kappa shape index (κ3) is 5.64. The van der Waals surface area contributed by atoms with Gasteiger partial charge in [0.05, 0.1) is 23.6 Å². The van der Waals surface area contributed by atoms with E-state index in [1.807, 2.05) is 13.0 Å². The highest BCUT2D eigenvalue weighted by Crippen LogP contribution is 2.41. The van der Waals surface area contributed by atoms with Crippen molar-refractivity contribution in [3.8, 4) is 17.0 Å². The summed E-state index contributed by atoms with van der Waals surface area (Å²) in [5.74, 6) is -0.599. The molecule has 0 spiro atoms. The van der Waals surface area contributed by atoms with Gasteiger partial charge in [0.25, 0.3) is 0 Å². The lowest BCUT2D eigenvalue weighted by atomic mass is 10.1. The first-order valence-corrected chi connectivity index (χ1v) is 11.3. The van der Waals surface area contributed by atoms with Crippen molar-refractivity contribution in [3.05, 3.63) is 53.7 Å². The number of halogens is 3. The molecule has 3 rings (SSSR count). The second kappa shape index (κ2) is 10.6. The number of carbonyl (C=O) groups is 1. The molecule has 3 aromatic rings. The lowest BCUT2D eigenvalue weighted by Crippen LogP contribution is -2.25. The molecular weight excluding hydrogens is 439 g/mol. The van der Waals surface area contributed by atoms with Crippen molar-refractivity contribution in [2.75, 3.05) is 11.5 Å². The zero-order valence-corrected chi connectivity index (χ0v) is 18.7. The molecule has 5 nitrogen and oxygen atoms in total. The summed E-state index contributed by atoms with van der Waals surface area (Å²) in [6.07, 6.45) is 1.25. The summed E-state index contributed by atoms with van der Waals surface area (Å²) in [7, 11) is 0. The third-order valence-electron chi connectivity index (χ3n) is 4.72. The number of pyridine rings is 1. The summed E-state index contributed by atoms with van der Waals surface area (Å²) in [6, 6.07) is 7.27. The number of hydrogen-bond acceptors (Lipinski definition) is 5. The van der Waals surface area contributed by atoms with Crippen molar-refractivity contribution < 1.29 is 22.7 Å². The van der Waals surface area contributed by atoms with E-state index in [1.165, 1.54) is 28.4 Å². The number of nitrogens with zero attached hydrogens (tertiary/aromatic N) is 3. The summed E-state index contributed by atoms with van der Waals surface area (Å²) in [4.78, 5) is 22.5. The lowest BCUT2D eigenvalue weighted by Gasteiger charge is -2.22. The second-order valence-corrected chi connectivity index (χ2v) is 7.91. The van der Waals surface area contributed by atoms with Gasteiger partial charge < -0.3 is 4.74 Å². The van der Waals surface area contributed by atoms with Crippen molar-refractivity contribution in [2.24, 2.45) is 0 Å². The Morgan fingerprint density at radius 3 is 2.66 bits per heavy atom. The van der Waals surface area contributed by atoms with Crippen molar-refractivity contribution in [3.63, 3.8) is 0 Å². The number of ether oxygens (including phenoxy) is 1. The van der Waals surface area contributed by atoms with Crippen LogP contribution in [0.5, 0.6) is 5.75 Å². The summed E-state index contributed by atoms with van der Waals surface area (Å²) < 4.78 is 46.7. The number of aromatic nitrogens is 2.